The summed E-state index contributed by atoms with van der Waals surface area (Å²) in [4.78, 5) is 25.9. The van der Waals surface area contributed by atoms with E-state index in [4.69, 9.17) is 46.4 Å². The molecule has 0 unspecified atom stereocenters. The number of alkyl halides is 2. The van der Waals surface area contributed by atoms with Gasteiger partial charge in [0, 0.05) is 22.9 Å². The molecule has 2 atom stereocenters. The molecule has 3 aromatic carbocycles. The van der Waals surface area contributed by atoms with Crippen molar-refractivity contribution in [3.63, 3.8) is 0 Å². The van der Waals surface area contributed by atoms with Gasteiger partial charge in [0.2, 0.25) is 5.91 Å². The molecule has 4 nitrogen and oxygen atoms in total. The van der Waals surface area contributed by atoms with E-state index in [1.165, 1.54) is 36.4 Å². The van der Waals surface area contributed by atoms with Gasteiger partial charge in [-0.2, -0.15) is 0 Å². The molecule has 0 heterocycles. The van der Waals surface area contributed by atoms with Crippen LogP contribution in [0.15, 0.2) is 60.7 Å². The maximum atomic E-state index is 13.2. The lowest BCUT2D eigenvalue weighted by Crippen LogP contribution is -2.18. The maximum Gasteiger partial charge on any atom is 0.257 e. The van der Waals surface area contributed by atoms with E-state index < -0.39 is 41.9 Å². The normalized spacial score (nSPS) is 17.7. The van der Waals surface area contributed by atoms with Crippen LogP contribution in [0.4, 0.5) is 15.8 Å². The Morgan fingerprint density at radius 1 is 0.895 bits per heavy atom. The summed E-state index contributed by atoms with van der Waals surface area (Å²) in [6.45, 7) is 6.41. The summed E-state index contributed by atoms with van der Waals surface area (Å²) in [5.41, 5.74) is 5.58. The van der Waals surface area contributed by atoms with E-state index in [1.807, 2.05) is 6.07 Å². The topological polar surface area (TPSA) is 58.2 Å². The number of anilines is 2. The fraction of sp³-hybridized carbons (Fsp3) is 0.214. The number of rotatable bonds is 5. The molecule has 0 aliphatic heterocycles. The summed E-state index contributed by atoms with van der Waals surface area (Å²) in [7, 11) is -1.63. The van der Waals surface area contributed by atoms with Crippen LogP contribution < -0.4 is 10.6 Å². The van der Waals surface area contributed by atoms with Crippen LogP contribution in [-0.2, 0) is 4.79 Å². The van der Waals surface area contributed by atoms with Crippen LogP contribution in [0.1, 0.15) is 27.4 Å². The number of hydrogen-bond donors (Lipinski definition) is 2. The van der Waals surface area contributed by atoms with E-state index >= 15 is 0 Å². The quantitative estimate of drug-likeness (QED) is 0.175. The predicted octanol–water partition coefficient (Wildman–Crippen LogP) is 8.14. The van der Waals surface area contributed by atoms with E-state index in [2.05, 4.69) is 41.7 Å². The second-order valence-corrected chi connectivity index (χ2v) is 17.0. The van der Waals surface area contributed by atoms with Gasteiger partial charge in [-0.1, -0.05) is 54.8 Å². The fourth-order valence-electron chi connectivity index (χ4n) is 3.88. The number of amides is 2. The van der Waals surface area contributed by atoms with Gasteiger partial charge >= 0.3 is 0 Å². The second kappa shape index (κ2) is 10.9. The molecular formula is C28H23Cl4FN2O2Si. The summed E-state index contributed by atoms with van der Waals surface area (Å²) in [6, 6.07) is 15.2. The van der Waals surface area contributed by atoms with Crippen LogP contribution in [0.25, 0.3) is 0 Å². The van der Waals surface area contributed by atoms with Crippen molar-refractivity contribution in [2.24, 2.45) is 5.92 Å². The molecule has 0 saturated heterocycles. The van der Waals surface area contributed by atoms with E-state index in [0.29, 0.717) is 22.0 Å². The minimum atomic E-state index is -1.63. The van der Waals surface area contributed by atoms with Crippen molar-refractivity contribution in [2.75, 3.05) is 10.6 Å². The highest BCUT2D eigenvalue weighted by atomic mass is 35.5. The Bertz CT molecular complexity index is 1480. The van der Waals surface area contributed by atoms with Crippen LogP contribution in [-0.4, -0.2) is 24.2 Å². The molecule has 10 heteroatoms. The van der Waals surface area contributed by atoms with Crippen LogP contribution in [0.5, 0.6) is 0 Å². The average Bonchev–Trinajstić information content (AvgIpc) is 3.42. The van der Waals surface area contributed by atoms with Gasteiger partial charge in [0.25, 0.3) is 5.91 Å². The minimum Gasteiger partial charge on any atom is -0.326 e. The SMILES string of the molecule is C[Si](C)(C)C#Cc1cc([C@@H]2[C@@H](C(=O)Nc3ccc(Cl)c(C(=O)Nc4ccc(F)cc4)c3)C2(Cl)Cl)ccc1Cl. The van der Waals surface area contributed by atoms with Gasteiger partial charge in [0.1, 0.15) is 18.2 Å². The van der Waals surface area contributed by atoms with Gasteiger partial charge in [-0.15, -0.1) is 28.7 Å². The van der Waals surface area contributed by atoms with E-state index in [1.54, 1.807) is 18.2 Å². The Labute approximate surface area is 241 Å². The fourth-order valence-corrected chi connectivity index (χ4v) is 5.59. The monoisotopic (exact) mass is 606 g/mol. The number of hydrogen-bond acceptors (Lipinski definition) is 2. The van der Waals surface area contributed by atoms with Gasteiger partial charge in [-0.25, -0.2) is 4.39 Å². The molecule has 0 spiro atoms. The molecule has 1 aliphatic rings. The van der Waals surface area contributed by atoms with Crippen molar-refractivity contribution in [3.8, 4) is 11.5 Å². The first kappa shape index (κ1) is 28.5. The van der Waals surface area contributed by atoms with E-state index in [0.717, 1.165) is 5.56 Å². The molecule has 0 aromatic heterocycles. The number of benzene rings is 3. The molecule has 2 N–H and O–H groups in total. The number of nitrogens with one attached hydrogen (secondary N) is 2. The van der Waals surface area contributed by atoms with Gasteiger partial charge in [-0.05, 0) is 60.2 Å². The Kier molecular flexibility index (Phi) is 8.18. The number of carbonyl (C=O) groups is 2. The first-order chi connectivity index (χ1) is 17.8. The minimum absolute atomic E-state index is 0.132. The highest BCUT2D eigenvalue weighted by molar-refractivity contribution is 6.83. The lowest BCUT2D eigenvalue weighted by molar-refractivity contribution is -0.117. The standard InChI is InChI=1S/C28H23Cl4FN2O2Si/c1-38(2,3)13-12-16-14-17(4-10-22(16)29)24-25(28(24,31)32)27(37)35-20-9-11-23(30)21(15-20)26(36)34-19-7-5-18(33)6-8-19/h4-11,14-15,24-25H,1-3H3,(H,34,36)(H,35,37)/t24-,25+/m1/s1. The van der Waals surface area contributed by atoms with E-state index in [9.17, 15) is 14.0 Å². The van der Waals surface area contributed by atoms with Crippen LogP contribution in [0.3, 0.4) is 0 Å². The number of halogens is 5. The Morgan fingerprint density at radius 2 is 1.53 bits per heavy atom. The highest BCUT2D eigenvalue weighted by Gasteiger charge is 2.67. The maximum absolute atomic E-state index is 13.2. The van der Waals surface area contributed by atoms with Crippen molar-refractivity contribution in [2.45, 2.75) is 29.9 Å². The lowest BCUT2D eigenvalue weighted by Gasteiger charge is -2.10. The third kappa shape index (κ3) is 6.54. The smallest absolute Gasteiger partial charge is 0.257 e. The summed E-state index contributed by atoms with van der Waals surface area (Å²) in [6.07, 6.45) is 0. The Morgan fingerprint density at radius 3 is 2.18 bits per heavy atom. The average molecular weight is 608 g/mol. The zero-order valence-electron chi connectivity index (χ0n) is 20.6. The summed E-state index contributed by atoms with van der Waals surface area (Å²) in [5, 5.41) is 6.13. The molecule has 2 amide bonds. The molecule has 4 rings (SSSR count). The number of carbonyl (C=O) groups excluding carboxylic acids is 2. The highest BCUT2D eigenvalue weighted by Crippen LogP contribution is 2.65. The largest absolute Gasteiger partial charge is 0.326 e. The first-order valence-electron chi connectivity index (χ1n) is 11.6. The van der Waals surface area contributed by atoms with Gasteiger partial charge in [-0.3, -0.25) is 9.59 Å². The van der Waals surface area contributed by atoms with Crippen molar-refractivity contribution in [1.82, 2.24) is 0 Å². The van der Waals surface area contributed by atoms with E-state index in [-0.39, 0.29) is 10.6 Å². The summed E-state index contributed by atoms with van der Waals surface area (Å²) in [5.74, 6) is 0.603. The molecule has 1 aliphatic carbocycles. The molecule has 38 heavy (non-hydrogen) atoms. The van der Waals surface area contributed by atoms with Gasteiger partial charge in [0.15, 0.2) is 0 Å². The van der Waals surface area contributed by atoms with Crippen molar-refractivity contribution < 1.29 is 14.0 Å². The Hall–Kier alpha value is -2.53. The van der Waals surface area contributed by atoms with Gasteiger partial charge < -0.3 is 10.6 Å². The molecule has 0 radical (unpaired) electrons. The van der Waals surface area contributed by atoms with Gasteiger partial charge in [0.05, 0.1) is 21.5 Å². The lowest BCUT2D eigenvalue weighted by atomic mass is 10.1. The molecular weight excluding hydrogens is 585 g/mol. The molecule has 3 aromatic rings. The third-order valence-corrected chi connectivity index (χ3v) is 8.31. The summed E-state index contributed by atoms with van der Waals surface area (Å²) >= 11 is 25.7. The van der Waals surface area contributed by atoms with Crippen LogP contribution in [0, 0.1) is 23.2 Å². The van der Waals surface area contributed by atoms with Crippen molar-refractivity contribution in [1.29, 1.82) is 0 Å². The van der Waals surface area contributed by atoms with Crippen molar-refractivity contribution >= 4 is 77.7 Å². The second-order valence-electron chi connectivity index (χ2n) is 10.0. The van der Waals surface area contributed by atoms with Crippen LogP contribution >= 0.6 is 46.4 Å². The Balaban J connectivity index is 1.51. The van der Waals surface area contributed by atoms with Crippen LogP contribution in [0.2, 0.25) is 29.7 Å². The molecule has 1 saturated carbocycles. The predicted molar refractivity (Wildman–Crippen MR) is 157 cm³/mol. The molecule has 196 valence electrons. The first-order valence-corrected chi connectivity index (χ1v) is 16.7. The van der Waals surface area contributed by atoms with Crippen molar-refractivity contribution in [3.05, 3.63) is 93.2 Å². The third-order valence-electron chi connectivity index (χ3n) is 5.84. The zero-order chi connectivity index (χ0) is 27.8. The summed E-state index contributed by atoms with van der Waals surface area (Å²) < 4.78 is 11.8. The molecule has 0 bridgehead atoms. The molecule has 1 fully saturated rings. The zero-order valence-corrected chi connectivity index (χ0v) is 24.7.